The van der Waals surface area contributed by atoms with E-state index in [0.717, 1.165) is 0 Å². The number of furan rings is 1. The number of amides is 4. The molecular formula is C25H23N3O6. The van der Waals surface area contributed by atoms with Crippen LogP contribution < -0.4 is 5.32 Å². The summed E-state index contributed by atoms with van der Waals surface area (Å²) in [5, 5.41) is 3.45. The lowest BCUT2D eigenvalue weighted by Crippen LogP contribution is -2.40. The fourth-order valence-electron chi connectivity index (χ4n) is 4.27. The molecule has 3 aromatic rings. The molecule has 1 fully saturated rings. The van der Waals surface area contributed by atoms with Crippen LogP contribution in [0.15, 0.2) is 52.9 Å². The summed E-state index contributed by atoms with van der Waals surface area (Å²) in [5.41, 5.74) is 1.60. The van der Waals surface area contributed by atoms with E-state index in [4.69, 9.17) is 9.15 Å². The van der Waals surface area contributed by atoms with Crippen molar-refractivity contribution in [1.82, 2.24) is 9.80 Å². The molecule has 9 nitrogen and oxygen atoms in total. The minimum atomic E-state index is -0.347. The Kier molecular flexibility index (Phi) is 5.85. The maximum Gasteiger partial charge on any atom is 0.291 e. The second-order valence-electron chi connectivity index (χ2n) is 8.17. The molecule has 0 unspecified atom stereocenters. The Bertz CT molecular complexity index is 1260. The van der Waals surface area contributed by atoms with Crippen LogP contribution in [0, 0.1) is 0 Å². The number of benzene rings is 2. The van der Waals surface area contributed by atoms with Crippen LogP contribution in [0.3, 0.4) is 0 Å². The molecule has 0 saturated carbocycles. The predicted molar refractivity (Wildman–Crippen MR) is 123 cm³/mol. The number of fused-ring (bicyclic) bond motifs is 2. The van der Waals surface area contributed by atoms with Crippen molar-refractivity contribution in [2.24, 2.45) is 0 Å². The van der Waals surface area contributed by atoms with Gasteiger partial charge >= 0.3 is 0 Å². The summed E-state index contributed by atoms with van der Waals surface area (Å²) in [4.78, 5) is 53.7. The minimum Gasteiger partial charge on any atom is -0.449 e. The number of hydrogen-bond donors (Lipinski definition) is 1. The van der Waals surface area contributed by atoms with Crippen molar-refractivity contribution < 1.29 is 28.3 Å². The highest BCUT2D eigenvalue weighted by Gasteiger charge is 2.34. The number of nitrogens with zero attached hydrogens (tertiary/aromatic N) is 2. The van der Waals surface area contributed by atoms with Crippen molar-refractivity contribution in [1.29, 1.82) is 0 Å². The van der Waals surface area contributed by atoms with Gasteiger partial charge in [0, 0.05) is 31.4 Å². The number of carbonyl (C=O) groups excluding carboxylic acids is 4. The normalized spacial score (nSPS) is 15.6. The topological polar surface area (TPSA) is 109 Å². The Morgan fingerprint density at radius 1 is 0.912 bits per heavy atom. The van der Waals surface area contributed by atoms with Gasteiger partial charge in [-0.2, -0.15) is 0 Å². The first-order chi connectivity index (χ1) is 16.5. The largest absolute Gasteiger partial charge is 0.449 e. The molecule has 0 radical (unpaired) electrons. The maximum absolute atomic E-state index is 13.1. The van der Waals surface area contributed by atoms with Gasteiger partial charge in [0.05, 0.1) is 24.3 Å². The average molecular weight is 461 g/mol. The van der Waals surface area contributed by atoms with E-state index < -0.39 is 0 Å². The molecule has 9 heteroatoms. The van der Waals surface area contributed by atoms with Crippen LogP contribution in [0.1, 0.15) is 44.1 Å². The number of imide groups is 1. The first-order valence-electron chi connectivity index (χ1n) is 11.2. The number of morpholine rings is 1. The van der Waals surface area contributed by atoms with Crippen LogP contribution >= 0.6 is 0 Å². The van der Waals surface area contributed by atoms with Crippen molar-refractivity contribution in [3.8, 4) is 0 Å². The molecule has 2 aliphatic rings. The van der Waals surface area contributed by atoms with Crippen LogP contribution in [0.2, 0.25) is 0 Å². The predicted octanol–water partition coefficient (Wildman–Crippen LogP) is 2.92. The lowest BCUT2D eigenvalue weighted by atomic mass is 10.1. The van der Waals surface area contributed by atoms with Crippen molar-refractivity contribution in [2.45, 2.75) is 12.8 Å². The van der Waals surface area contributed by atoms with E-state index in [0.29, 0.717) is 60.5 Å². The van der Waals surface area contributed by atoms with Gasteiger partial charge in [-0.15, -0.1) is 0 Å². The summed E-state index contributed by atoms with van der Waals surface area (Å²) in [6.45, 7) is 1.93. The highest BCUT2D eigenvalue weighted by molar-refractivity contribution is 6.21. The molecule has 0 bridgehead atoms. The second kappa shape index (κ2) is 9.11. The Balaban J connectivity index is 1.27. The minimum absolute atomic E-state index is 0.0676. The average Bonchev–Trinajstić information content (AvgIpc) is 3.35. The van der Waals surface area contributed by atoms with Crippen molar-refractivity contribution >= 4 is 40.3 Å². The van der Waals surface area contributed by atoms with Gasteiger partial charge in [0.25, 0.3) is 17.7 Å². The Labute approximate surface area is 195 Å². The van der Waals surface area contributed by atoms with Crippen LogP contribution in [0.4, 0.5) is 5.69 Å². The van der Waals surface area contributed by atoms with E-state index >= 15 is 0 Å². The summed E-state index contributed by atoms with van der Waals surface area (Å²) < 4.78 is 11.1. The molecule has 1 saturated heterocycles. The standard InChI is InChI=1S/C25H23N3O6/c29-20(10-5-11-28-23(30)16-6-1-2-7-17(16)24(28)31)26-21-18-8-3-4-9-19(18)34-22(21)25(32)27-12-14-33-15-13-27/h1-4,6-9H,5,10-15H2,(H,26,29). The molecule has 3 heterocycles. The van der Waals surface area contributed by atoms with E-state index in [9.17, 15) is 19.2 Å². The molecule has 34 heavy (non-hydrogen) atoms. The summed E-state index contributed by atoms with van der Waals surface area (Å²) in [5.74, 6) is -1.25. The third kappa shape index (κ3) is 3.94. The van der Waals surface area contributed by atoms with Crippen LogP contribution in [-0.4, -0.2) is 66.3 Å². The smallest absolute Gasteiger partial charge is 0.291 e. The van der Waals surface area contributed by atoms with Gasteiger partial charge in [0.2, 0.25) is 11.7 Å². The van der Waals surface area contributed by atoms with Crippen molar-refractivity contribution in [2.75, 3.05) is 38.2 Å². The molecule has 0 spiro atoms. The molecule has 2 aromatic carbocycles. The first kappa shape index (κ1) is 21.8. The number of carbonyl (C=O) groups is 4. The van der Waals surface area contributed by atoms with Gasteiger partial charge in [-0.25, -0.2) is 0 Å². The number of ether oxygens (including phenoxy) is 1. The zero-order chi connectivity index (χ0) is 23.7. The Morgan fingerprint density at radius 2 is 1.56 bits per heavy atom. The molecule has 4 amide bonds. The first-order valence-corrected chi connectivity index (χ1v) is 11.2. The monoisotopic (exact) mass is 461 g/mol. The number of rotatable bonds is 6. The third-order valence-electron chi connectivity index (χ3n) is 6.02. The van der Waals surface area contributed by atoms with Crippen LogP contribution in [-0.2, 0) is 9.53 Å². The van der Waals surface area contributed by atoms with Gasteiger partial charge in [0.15, 0.2) is 0 Å². The summed E-state index contributed by atoms with van der Waals surface area (Å²) in [6.07, 6.45) is 0.359. The number of anilines is 1. The van der Waals surface area contributed by atoms with Gasteiger partial charge in [-0.1, -0.05) is 24.3 Å². The van der Waals surface area contributed by atoms with E-state index in [1.807, 2.05) is 0 Å². The molecule has 5 rings (SSSR count). The van der Waals surface area contributed by atoms with E-state index in [2.05, 4.69) is 5.32 Å². The molecule has 0 atom stereocenters. The molecular weight excluding hydrogens is 438 g/mol. The van der Waals surface area contributed by atoms with Gasteiger partial charge in [0.1, 0.15) is 11.3 Å². The Morgan fingerprint density at radius 3 is 2.26 bits per heavy atom. The molecule has 0 aliphatic carbocycles. The fourth-order valence-corrected chi connectivity index (χ4v) is 4.27. The summed E-state index contributed by atoms with van der Waals surface area (Å²) in [6, 6.07) is 13.8. The quantitative estimate of drug-likeness (QED) is 0.566. The van der Waals surface area contributed by atoms with E-state index in [1.165, 1.54) is 4.90 Å². The van der Waals surface area contributed by atoms with E-state index in [1.54, 1.807) is 53.4 Å². The zero-order valence-corrected chi connectivity index (χ0v) is 18.4. The number of para-hydroxylation sites is 1. The van der Waals surface area contributed by atoms with Crippen molar-refractivity contribution in [3.63, 3.8) is 0 Å². The number of hydrogen-bond acceptors (Lipinski definition) is 6. The molecule has 1 aromatic heterocycles. The summed E-state index contributed by atoms with van der Waals surface area (Å²) in [7, 11) is 0. The molecule has 174 valence electrons. The SMILES string of the molecule is O=C(CCCN1C(=O)c2ccccc2C1=O)Nc1c(C(=O)N2CCOCC2)oc2ccccc12. The fraction of sp³-hybridized carbons (Fsp3) is 0.280. The highest BCUT2D eigenvalue weighted by atomic mass is 16.5. The van der Waals surface area contributed by atoms with Crippen molar-refractivity contribution in [3.05, 3.63) is 65.4 Å². The maximum atomic E-state index is 13.1. The summed E-state index contributed by atoms with van der Waals surface area (Å²) >= 11 is 0. The number of nitrogens with one attached hydrogen (secondary N) is 1. The highest BCUT2D eigenvalue weighted by Crippen LogP contribution is 2.32. The van der Waals surface area contributed by atoms with Gasteiger partial charge in [-0.05, 0) is 30.7 Å². The second-order valence-corrected chi connectivity index (χ2v) is 8.17. The van der Waals surface area contributed by atoms with Crippen LogP contribution in [0.5, 0.6) is 0 Å². The lowest BCUT2D eigenvalue weighted by Gasteiger charge is -2.26. The van der Waals surface area contributed by atoms with Gasteiger partial charge < -0.3 is 19.4 Å². The van der Waals surface area contributed by atoms with Crippen LogP contribution in [0.25, 0.3) is 11.0 Å². The molecule has 1 N–H and O–H groups in total. The van der Waals surface area contributed by atoms with Gasteiger partial charge in [-0.3, -0.25) is 24.1 Å². The third-order valence-corrected chi connectivity index (χ3v) is 6.02. The molecule has 2 aliphatic heterocycles. The lowest BCUT2D eigenvalue weighted by molar-refractivity contribution is -0.116. The van der Waals surface area contributed by atoms with E-state index in [-0.39, 0.29) is 42.4 Å². The zero-order valence-electron chi connectivity index (χ0n) is 18.4. The Hall–Kier alpha value is -3.98.